The molecule has 3 atom stereocenters. The van der Waals surface area contributed by atoms with Crippen LogP contribution in [0.15, 0.2) is 0 Å². The van der Waals surface area contributed by atoms with E-state index >= 15 is 0 Å². The third-order valence-corrected chi connectivity index (χ3v) is 3.09. The highest BCUT2D eigenvalue weighted by atomic mass is 17.2. The van der Waals surface area contributed by atoms with E-state index < -0.39 is 73.2 Å². The summed E-state index contributed by atoms with van der Waals surface area (Å²) >= 11 is 0. The van der Waals surface area contributed by atoms with Gasteiger partial charge in [-0.05, 0) is 0 Å². The number of nitrogens with zero attached hydrogens (tertiary/aromatic N) is 2. The van der Waals surface area contributed by atoms with Crippen molar-refractivity contribution in [3.63, 3.8) is 0 Å². The molecule has 0 saturated carbocycles. The first-order valence-electron chi connectivity index (χ1n) is 7.70. The van der Waals surface area contributed by atoms with Gasteiger partial charge in [0.2, 0.25) is 10.8 Å². The fourth-order valence-electron chi connectivity index (χ4n) is 1.69. The molecule has 2 saturated heterocycles. The molecule has 0 unspecified atom stereocenters. The van der Waals surface area contributed by atoms with E-state index in [4.69, 9.17) is 17.2 Å². The van der Waals surface area contributed by atoms with Crippen LogP contribution in [0.5, 0.6) is 0 Å². The second-order valence-corrected chi connectivity index (χ2v) is 5.50. The second kappa shape index (κ2) is 9.21. The van der Waals surface area contributed by atoms with E-state index in [-0.39, 0.29) is 10.8 Å². The van der Waals surface area contributed by atoms with Crippen LogP contribution in [0.3, 0.4) is 0 Å². The lowest BCUT2D eigenvalue weighted by Gasteiger charge is -2.17. The van der Waals surface area contributed by atoms with Crippen molar-refractivity contribution in [2.45, 2.75) is 37.4 Å². The molecule has 0 aromatic rings. The van der Waals surface area contributed by atoms with Crippen molar-refractivity contribution in [3.8, 4) is 0 Å². The van der Waals surface area contributed by atoms with Gasteiger partial charge >= 0.3 is 35.8 Å². The Morgan fingerprint density at radius 2 is 1.34 bits per heavy atom. The highest BCUT2D eigenvalue weighted by molar-refractivity contribution is 5.85. The molecule has 2 rings (SSSR count). The average Bonchev–Trinajstić information content (AvgIpc) is 2.79. The Morgan fingerprint density at radius 3 is 1.83 bits per heavy atom. The van der Waals surface area contributed by atoms with E-state index in [9.17, 15) is 28.8 Å². The van der Waals surface area contributed by atoms with E-state index in [1.54, 1.807) is 0 Å². The average molecular weight is 421 g/mol. The number of carbonyl (C=O) groups excluding carboxylic acids is 6. The van der Waals surface area contributed by atoms with E-state index in [0.29, 0.717) is 0 Å². The van der Waals surface area contributed by atoms with Crippen LogP contribution in [0.25, 0.3) is 0 Å². The fourth-order valence-corrected chi connectivity index (χ4v) is 1.69. The summed E-state index contributed by atoms with van der Waals surface area (Å²) in [5.41, 5.74) is 16.0. The Labute approximate surface area is 160 Å². The molecule has 0 aliphatic carbocycles. The summed E-state index contributed by atoms with van der Waals surface area (Å²) in [6, 6.07) is -4.42. The molecule has 29 heavy (non-hydrogen) atoms. The van der Waals surface area contributed by atoms with Gasteiger partial charge in [-0.3, -0.25) is 14.5 Å². The highest BCUT2D eigenvalue weighted by Crippen LogP contribution is 2.11. The van der Waals surface area contributed by atoms with Gasteiger partial charge in [-0.1, -0.05) is 0 Å². The standard InChI is InChI=1S/C12H15N5O12/c13-4-1-7(18)24-16(27-10(4)21)25-8(19)2-5(14)11(22)28-17-26-9(20)3-6(15)12(23)29-17/h4-6H,1-3,13-15H2/t4-,5-,6+/m0/s1. The summed E-state index contributed by atoms with van der Waals surface area (Å²) in [5, 5.41) is -0.414. The smallest absolute Gasteiger partial charge is 0.318 e. The predicted molar refractivity (Wildman–Crippen MR) is 78.0 cm³/mol. The largest absolute Gasteiger partial charge is 0.349 e. The molecule has 0 radical (unpaired) electrons. The minimum absolute atomic E-state index is 0.197. The number of rotatable bonds is 5. The zero-order valence-corrected chi connectivity index (χ0v) is 14.4. The summed E-state index contributed by atoms with van der Waals surface area (Å²) in [5.74, 6) is -7.06. The minimum Gasteiger partial charge on any atom is -0.318 e. The summed E-state index contributed by atoms with van der Waals surface area (Å²) < 4.78 is 0. The Kier molecular flexibility index (Phi) is 6.96. The molecule has 160 valence electrons. The summed E-state index contributed by atoms with van der Waals surface area (Å²) in [6.07, 6.45) is -1.97. The predicted octanol–water partition coefficient (Wildman–Crippen LogP) is -4.48. The van der Waals surface area contributed by atoms with E-state index in [2.05, 4.69) is 29.0 Å². The topological polar surface area (TPSA) is 242 Å². The molecule has 0 spiro atoms. The Hall–Kier alpha value is -3.38. The van der Waals surface area contributed by atoms with Crippen LogP contribution in [0.4, 0.5) is 0 Å². The number of carbonyl (C=O) groups is 6. The molecular weight excluding hydrogens is 406 g/mol. The van der Waals surface area contributed by atoms with Crippen molar-refractivity contribution in [3.05, 3.63) is 0 Å². The molecule has 2 aliphatic heterocycles. The monoisotopic (exact) mass is 421 g/mol. The van der Waals surface area contributed by atoms with Crippen LogP contribution in [0.2, 0.25) is 0 Å². The molecule has 17 heteroatoms. The van der Waals surface area contributed by atoms with Crippen LogP contribution in [-0.2, 0) is 57.8 Å². The lowest BCUT2D eigenvalue weighted by molar-refractivity contribution is -0.464. The van der Waals surface area contributed by atoms with Crippen LogP contribution < -0.4 is 17.2 Å². The van der Waals surface area contributed by atoms with Gasteiger partial charge in [-0.15, -0.1) is 0 Å². The van der Waals surface area contributed by atoms with Gasteiger partial charge in [0.25, 0.3) is 0 Å². The van der Waals surface area contributed by atoms with Crippen molar-refractivity contribution in [1.29, 1.82) is 0 Å². The molecule has 0 aromatic carbocycles. The maximum atomic E-state index is 11.8. The van der Waals surface area contributed by atoms with Gasteiger partial charge in [0.1, 0.15) is 18.1 Å². The Balaban J connectivity index is 1.86. The fraction of sp³-hybridized carbons (Fsp3) is 0.500. The number of hydrogen-bond acceptors (Lipinski definition) is 17. The van der Waals surface area contributed by atoms with Crippen molar-refractivity contribution < 1.29 is 57.8 Å². The van der Waals surface area contributed by atoms with Crippen LogP contribution in [0, 0.1) is 0 Å². The SMILES string of the molecule is N[C@@H]1CC(=O)ON(OC(=O)[C@@H](N)CC(=O)ON2OC(=O)C[C@H](N)C(=O)O2)OC1=O. The second-order valence-electron chi connectivity index (χ2n) is 5.50. The lowest BCUT2D eigenvalue weighted by atomic mass is 10.2. The first kappa shape index (κ1) is 21.9. The molecule has 2 heterocycles. The zero-order valence-electron chi connectivity index (χ0n) is 14.4. The van der Waals surface area contributed by atoms with Gasteiger partial charge < -0.3 is 31.7 Å². The molecule has 0 amide bonds. The maximum Gasteiger partial charge on any atom is 0.349 e. The van der Waals surface area contributed by atoms with Gasteiger partial charge in [-0.2, -0.15) is 0 Å². The van der Waals surface area contributed by atoms with Crippen molar-refractivity contribution in [1.82, 2.24) is 10.8 Å². The van der Waals surface area contributed by atoms with Gasteiger partial charge in [0.15, 0.2) is 0 Å². The third-order valence-electron chi connectivity index (χ3n) is 3.09. The molecule has 0 bridgehead atoms. The molecule has 0 aromatic heterocycles. The summed E-state index contributed by atoms with van der Waals surface area (Å²) in [6.45, 7) is 0. The van der Waals surface area contributed by atoms with Crippen LogP contribution >= 0.6 is 0 Å². The maximum absolute atomic E-state index is 11.8. The highest BCUT2D eigenvalue weighted by Gasteiger charge is 2.36. The van der Waals surface area contributed by atoms with E-state index in [1.165, 1.54) is 0 Å². The lowest BCUT2D eigenvalue weighted by Crippen LogP contribution is -2.42. The van der Waals surface area contributed by atoms with E-state index in [1.807, 2.05) is 0 Å². The minimum atomic E-state index is -1.74. The van der Waals surface area contributed by atoms with Gasteiger partial charge in [-0.25, -0.2) is 28.8 Å². The van der Waals surface area contributed by atoms with Crippen molar-refractivity contribution in [2.24, 2.45) is 17.2 Å². The first-order chi connectivity index (χ1) is 13.5. The van der Waals surface area contributed by atoms with Gasteiger partial charge in [0.05, 0.1) is 19.3 Å². The number of nitrogens with two attached hydrogens (primary N) is 3. The van der Waals surface area contributed by atoms with Crippen LogP contribution in [-0.4, -0.2) is 64.7 Å². The van der Waals surface area contributed by atoms with Crippen molar-refractivity contribution >= 4 is 35.8 Å². The number of hydrogen-bond donors (Lipinski definition) is 3. The third kappa shape index (κ3) is 6.33. The first-order valence-corrected chi connectivity index (χ1v) is 7.70. The molecule has 2 aliphatic rings. The Bertz CT molecular complexity index is 728. The van der Waals surface area contributed by atoms with Crippen LogP contribution in [0.1, 0.15) is 19.3 Å². The molecule has 2 fully saturated rings. The van der Waals surface area contributed by atoms with Crippen molar-refractivity contribution in [2.75, 3.05) is 0 Å². The molecular formula is C12H15N5O12. The summed E-state index contributed by atoms with van der Waals surface area (Å²) in [7, 11) is 0. The molecule has 17 nitrogen and oxygen atoms in total. The Morgan fingerprint density at radius 1 is 0.897 bits per heavy atom. The summed E-state index contributed by atoms with van der Waals surface area (Å²) in [4.78, 5) is 95.3. The molecule has 6 N–H and O–H groups in total. The quantitative estimate of drug-likeness (QED) is 0.378. The van der Waals surface area contributed by atoms with E-state index in [0.717, 1.165) is 0 Å². The zero-order chi connectivity index (χ0) is 21.7. The van der Waals surface area contributed by atoms with Gasteiger partial charge in [0, 0.05) is 0 Å². The normalized spacial score (nSPS) is 24.8.